The Morgan fingerprint density at radius 2 is 2.09 bits per heavy atom. The molecule has 0 bridgehead atoms. The monoisotopic (exact) mass is 466 g/mol. The molecule has 1 aliphatic heterocycles. The maximum atomic E-state index is 6.16. The number of benzene rings is 1. The topological polar surface area (TPSA) is 94.2 Å². The summed E-state index contributed by atoms with van der Waals surface area (Å²) in [6.45, 7) is 6.59. The Bertz CT molecular complexity index is 1240. The van der Waals surface area contributed by atoms with Crippen molar-refractivity contribution in [1.82, 2.24) is 34.7 Å². The Morgan fingerprint density at radius 3 is 2.85 bits per heavy atom. The number of para-hydroxylation sites is 1. The van der Waals surface area contributed by atoms with Crippen molar-refractivity contribution >= 4 is 23.2 Å². The molecule has 1 fully saturated rings. The van der Waals surface area contributed by atoms with Crippen molar-refractivity contribution in [3.63, 3.8) is 0 Å². The van der Waals surface area contributed by atoms with Crippen molar-refractivity contribution < 1.29 is 4.74 Å². The van der Waals surface area contributed by atoms with Gasteiger partial charge in [0, 0.05) is 24.8 Å². The van der Waals surface area contributed by atoms with E-state index in [1.54, 1.807) is 21.6 Å². The third-order valence-corrected chi connectivity index (χ3v) is 5.94. The van der Waals surface area contributed by atoms with E-state index in [0.717, 1.165) is 48.4 Å². The molecule has 3 aromatic heterocycles. The maximum Gasteiger partial charge on any atom is 0.322 e. The first-order valence-corrected chi connectivity index (χ1v) is 11.6. The molecule has 33 heavy (non-hydrogen) atoms. The van der Waals surface area contributed by atoms with Crippen LogP contribution in [0.5, 0.6) is 6.01 Å². The quantitative estimate of drug-likeness (QED) is 0.427. The number of ether oxygens (including phenoxy) is 1. The van der Waals surface area contributed by atoms with Crippen molar-refractivity contribution in [3.8, 4) is 11.7 Å². The minimum atomic E-state index is 0.0600. The highest BCUT2D eigenvalue weighted by Gasteiger charge is 2.20. The summed E-state index contributed by atoms with van der Waals surface area (Å²) >= 11 is 6.08. The molecule has 0 unspecified atom stereocenters. The summed E-state index contributed by atoms with van der Waals surface area (Å²) < 4.78 is 9.67. The molecule has 172 valence electrons. The van der Waals surface area contributed by atoms with Gasteiger partial charge >= 0.3 is 6.01 Å². The van der Waals surface area contributed by atoms with E-state index < -0.39 is 0 Å². The Labute approximate surface area is 197 Å². The summed E-state index contributed by atoms with van der Waals surface area (Å²) in [4.78, 5) is 9.38. The van der Waals surface area contributed by atoms with Crippen LogP contribution in [0.2, 0.25) is 5.02 Å². The molecule has 4 aromatic rings. The molecule has 0 saturated carbocycles. The fraction of sp³-hybridized carbons (Fsp3) is 0.391. The van der Waals surface area contributed by atoms with Crippen LogP contribution in [0.15, 0.2) is 42.9 Å². The lowest BCUT2D eigenvalue weighted by atomic mass is 10.1. The number of piperidine rings is 1. The summed E-state index contributed by atoms with van der Waals surface area (Å²) in [6, 6.07) is 8.39. The van der Waals surface area contributed by atoms with E-state index in [1.165, 1.54) is 0 Å². The zero-order valence-electron chi connectivity index (χ0n) is 18.7. The van der Waals surface area contributed by atoms with Gasteiger partial charge in [-0.3, -0.25) is 0 Å². The van der Waals surface area contributed by atoms with Gasteiger partial charge < -0.3 is 15.4 Å². The predicted molar refractivity (Wildman–Crippen MR) is 127 cm³/mol. The molecule has 0 aliphatic carbocycles. The molecule has 0 radical (unpaired) electrons. The standard InChI is InChI=1S/C23H27ClN8O/c1-15(2)19-13-28-32-21(19)29-23(33-18-7-5-9-25-12-18)30-22(32)26-10-16-6-3-4-8-20(16)31-14-17(24)11-27-31/h3-4,6,8,11,13-15,18,25H,5,7,9-10,12H2,1-2H3,(H,26,29,30)/t18-/m1/s1. The second-order valence-electron chi connectivity index (χ2n) is 8.49. The van der Waals surface area contributed by atoms with Gasteiger partial charge in [0.25, 0.3) is 0 Å². The minimum absolute atomic E-state index is 0.0600. The van der Waals surface area contributed by atoms with Crippen LogP contribution in [0.3, 0.4) is 0 Å². The Hall–Kier alpha value is -3.17. The number of aromatic nitrogens is 6. The summed E-state index contributed by atoms with van der Waals surface area (Å²) in [5, 5.41) is 16.3. The van der Waals surface area contributed by atoms with E-state index >= 15 is 0 Å². The van der Waals surface area contributed by atoms with Gasteiger partial charge in [0.2, 0.25) is 5.95 Å². The van der Waals surface area contributed by atoms with Crippen molar-refractivity contribution in [2.24, 2.45) is 0 Å². The van der Waals surface area contributed by atoms with Crippen molar-refractivity contribution in [3.05, 3.63) is 59.0 Å². The Kier molecular flexibility index (Phi) is 6.15. The average Bonchev–Trinajstić information content (AvgIpc) is 3.45. The minimum Gasteiger partial charge on any atom is -0.459 e. The fourth-order valence-electron chi connectivity index (χ4n) is 4.01. The number of fused-ring (bicyclic) bond motifs is 1. The number of nitrogens with one attached hydrogen (secondary N) is 2. The van der Waals surface area contributed by atoms with Crippen LogP contribution < -0.4 is 15.4 Å². The van der Waals surface area contributed by atoms with Crippen LogP contribution in [0.4, 0.5) is 5.95 Å². The average molecular weight is 467 g/mol. The van der Waals surface area contributed by atoms with E-state index in [-0.39, 0.29) is 12.0 Å². The molecule has 1 saturated heterocycles. The van der Waals surface area contributed by atoms with E-state index in [0.29, 0.717) is 23.5 Å². The van der Waals surface area contributed by atoms with Crippen LogP contribution in [0, 0.1) is 0 Å². The fourth-order valence-corrected chi connectivity index (χ4v) is 4.15. The molecule has 5 rings (SSSR count). The number of rotatable bonds is 7. The number of anilines is 1. The van der Waals surface area contributed by atoms with Crippen LogP contribution in [-0.4, -0.2) is 48.6 Å². The smallest absolute Gasteiger partial charge is 0.322 e. The summed E-state index contributed by atoms with van der Waals surface area (Å²) in [5.41, 5.74) is 3.79. The van der Waals surface area contributed by atoms with Crippen LogP contribution in [-0.2, 0) is 6.54 Å². The normalized spacial score (nSPS) is 16.4. The summed E-state index contributed by atoms with van der Waals surface area (Å²) in [5.74, 6) is 0.860. The molecule has 4 heterocycles. The molecule has 1 atom stereocenters. The Balaban J connectivity index is 1.46. The lowest BCUT2D eigenvalue weighted by molar-refractivity contribution is 0.153. The molecule has 1 aliphatic rings. The molecule has 2 N–H and O–H groups in total. The van der Waals surface area contributed by atoms with Gasteiger partial charge in [0.1, 0.15) is 6.10 Å². The van der Waals surface area contributed by atoms with E-state index in [4.69, 9.17) is 21.3 Å². The van der Waals surface area contributed by atoms with Gasteiger partial charge in [0.15, 0.2) is 5.65 Å². The van der Waals surface area contributed by atoms with Gasteiger partial charge in [0.05, 0.1) is 23.1 Å². The van der Waals surface area contributed by atoms with Gasteiger partial charge in [-0.1, -0.05) is 43.6 Å². The molecular weight excluding hydrogens is 440 g/mol. The summed E-state index contributed by atoms with van der Waals surface area (Å²) in [7, 11) is 0. The third kappa shape index (κ3) is 4.65. The van der Waals surface area contributed by atoms with Crippen molar-refractivity contribution in [2.75, 3.05) is 18.4 Å². The molecule has 1 aromatic carbocycles. The van der Waals surface area contributed by atoms with Crippen LogP contribution >= 0.6 is 11.6 Å². The summed E-state index contributed by atoms with van der Waals surface area (Å²) in [6.07, 6.45) is 7.39. The number of halogens is 1. The molecule has 0 spiro atoms. The first-order chi connectivity index (χ1) is 16.1. The highest BCUT2D eigenvalue weighted by Crippen LogP contribution is 2.24. The highest BCUT2D eigenvalue weighted by molar-refractivity contribution is 6.30. The predicted octanol–water partition coefficient (Wildman–Crippen LogP) is 3.83. The number of nitrogens with zero attached hydrogens (tertiary/aromatic N) is 6. The van der Waals surface area contributed by atoms with Crippen molar-refractivity contribution in [2.45, 2.75) is 45.3 Å². The van der Waals surface area contributed by atoms with Gasteiger partial charge in [-0.25, -0.2) is 4.68 Å². The van der Waals surface area contributed by atoms with Gasteiger partial charge in [-0.15, -0.1) is 0 Å². The molecule has 10 heteroatoms. The second-order valence-corrected chi connectivity index (χ2v) is 8.93. The third-order valence-electron chi connectivity index (χ3n) is 5.75. The van der Waals surface area contributed by atoms with E-state index in [9.17, 15) is 0 Å². The molecular formula is C23H27ClN8O. The number of hydrogen-bond donors (Lipinski definition) is 2. The first-order valence-electron chi connectivity index (χ1n) is 11.2. The first kappa shape index (κ1) is 21.7. The SMILES string of the molecule is CC(C)c1cnn2c(NCc3ccccc3-n3cc(Cl)cn3)nc(O[C@@H]3CCCNC3)nc12. The van der Waals surface area contributed by atoms with E-state index in [2.05, 4.69) is 39.7 Å². The lowest BCUT2D eigenvalue weighted by Crippen LogP contribution is -2.37. The van der Waals surface area contributed by atoms with Gasteiger partial charge in [-0.2, -0.15) is 24.7 Å². The van der Waals surface area contributed by atoms with E-state index in [1.807, 2.05) is 30.5 Å². The zero-order valence-corrected chi connectivity index (χ0v) is 19.5. The largest absolute Gasteiger partial charge is 0.459 e. The number of hydrogen-bond acceptors (Lipinski definition) is 7. The van der Waals surface area contributed by atoms with Crippen LogP contribution in [0.1, 0.15) is 43.7 Å². The second kappa shape index (κ2) is 9.36. The lowest BCUT2D eigenvalue weighted by Gasteiger charge is -2.23. The Morgan fingerprint density at radius 1 is 1.21 bits per heavy atom. The molecule has 9 nitrogen and oxygen atoms in total. The van der Waals surface area contributed by atoms with Crippen molar-refractivity contribution in [1.29, 1.82) is 0 Å². The van der Waals surface area contributed by atoms with Crippen LogP contribution in [0.25, 0.3) is 11.3 Å². The zero-order chi connectivity index (χ0) is 22.8. The highest BCUT2D eigenvalue weighted by atomic mass is 35.5. The van der Waals surface area contributed by atoms with Gasteiger partial charge in [-0.05, 0) is 36.9 Å². The molecule has 0 amide bonds. The maximum absolute atomic E-state index is 6.16.